The third kappa shape index (κ3) is 7.96. The molecular formula is C18H21NO6. The van der Waals surface area contributed by atoms with Crippen LogP contribution in [0, 0.1) is 0 Å². The van der Waals surface area contributed by atoms with Crippen molar-refractivity contribution >= 4 is 11.9 Å². The summed E-state index contributed by atoms with van der Waals surface area (Å²) in [6, 6.07) is 14.6. The maximum absolute atomic E-state index is 10.4. The third-order valence-electron chi connectivity index (χ3n) is 3.27. The van der Waals surface area contributed by atoms with Gasteiger partial charge in [0.25, 0.3) is 0 Å². The Bertz CT molecular complexity index is 672. The molecule has 134 valence electrons. The van der Waals surface area contributed by atoms with Gasteiger partial charge in [0.1, 0.15) is 11.8 Å². The van der Waals surface area contributed by atoms with Crippen molar-refractivity contribution in [2.45, 2.75) is 25.0 Å². The second-order valence-electron chi connectivity index (χ2n) is 5.36. The second-order valence-corrected chi connectivity index (χ2v) is 5.36. The number of carboxylic acids is 2. The van der Waals surface area contributed by atoms with Crippen molar-refractivity contribution in [2.24, 2.45) is 5.73 Å². The van der Waals surface area contributed by atoms with Crippen LogP contribution < -0.4 is 5.73 Å². The number of carbonyl (C=O) groups is 2. The quantitative estimate of drug-likeness (QED) is 0.525. The van der Waals surface area contributed by atoms with E-state index in [1.54, 1.807) is 12.1 Å². The summed E-state index contributed by atoms with van der Waals surface area (Å²) in [5.74, 6) is -2.08. The first-order chi connectivity index (χ1) is 11.8. The predicted molar refractivity (Wildman–Crippen MR) is 91.2 cm³/mol. The SMILES string of the molecule is NC(Cc1ccccc1)C(=O)O.O=C(O)C(O)Cc1ccc(O)cc1. The van der Waals surface area contributed by atoms with Crippen molar-refractivity contribution in [3.05, 3.63) is 65.7 Å². The molecule has 2 atom stereocenters. The van der Waals surface area contributed by atoms with Gasteiger partial charge in [-0.15, -0.1) is 0 Å². The van der Waals surface area contributed by atoms with Crippen LogP contribution in [0.25, 0.3) is 0 Å². The maximum Gasteiger partial charge on any atom is 0.332 e. The summed E-state index contributed by atoms with van der Waals surface area (Å²) >= 11 is 0. The summed E-state index contributed by atoms with van der Waals surface area (Å²) < 4.78 is 0. The van der Waals surface area contributed by atoms with Crippen LogP contribution in [0.2, 0.25) is 0 Å². The van der Waals surface area contributed by atoms with Crippen LogP contribution in [0.15, 0.2) is 54.6 Å². The molecule has 0 aliphatic heterocycles. The number of phenols is 1. The zero-order valence-electron chi connectivity index (χ0n) is 13.4. The molecule has 0 aliphatic rings. The number of carboxylic acid groups (broad SMARTS) is 2. The first-order valence-electron chi connectivity index (χ1n) is 7.50. The highest BCUT2D eigenvalue weighted by Crippen LogP contribution is 2.11. The van der Waals surface area contributed by atoms with Gasteiger partial charge in [0.15, 0.2) is 6.10 Å². The van der Waals surface area contributed by atoms with Gasteiger partial charge < -0.3 is 26.2 Å². The fourth-order valence-electron chi connectivity index (χ4n) is 1.90. The number of aliphatic hydroxyl groups excluding tert-OH is 1. The molecule has 7 nitrogen and oxygen atoms in total. The fourth-order valence-corrected chi connectivity index (χ4v) is 1.90. The largest absolute Gasteiger partial charge is 0.508 e. The molecule has 7 heteroatoms. The Hall–Kier alpha value is -2.90. The molecule has 25 heavy (non-hydrogen) atoms. The topological polar surface area (TPSA) is 141 Å². The molecular weight excluding hydrogens is 326 g/mol. The summed E-state index contributed by atoms with van der Waals surface area (Å²) in [6.07, 6.45) is -0.948. The van der Waals surface area contributed by atoms with Crippen LogP contribution in [0.5, 0.6) is 5.75 Å². The number of phenolic OH excluding ortho intramolecular Hbond substituents is 1. The monoisotopic (exact) mass is 347 g/mol. The second kappa shape index (κ2) is 10.1. The number of hydrogen-bond donors (Lipinski definition) is 5. The van der Waals surface area contributed by atoms with Gasteiger partial charge in [-0.25, -0.2) is 4.79 Å². The lowest BCUT2D eigenvalue weighted by atomic mass is 10.1. The predicted octanol–water partition coefficient (Wildman–Crippen LogP) is 1.02. The standard InChI is InChI=1S/C9H11NO2.C9H10O4/c10-8(9(11)12)6-7-4-2-1-3-5-7;10-7-3-1-6(2-4-7)5-8(11)9(12)13/h1-5,8H,6,10H2,(H,11,12);1-4,8,10-11H,5H2,(H,12,13). The van der Waals surface area contributed by atoms with E-state index in [0.29, 0.717) is 12.0 Å². The van der Waals surface area contributed by atoms with Crippen LogP contribution >= 0.6 is 0 Å². The number of aliphatic hydroxyl groups is 1. The number of rotatable bonds is 6. The van der Waals surface area contributed by atoms with E-state index in [9.17, 15) is 9.59 Å². The first kappa shape index (κ1) is 20.1. The van der Waals surface area contributed by atoms with Crippen LogP contribution in [0.1, 0.15) is 11.1 Å². The van der Waals surface area contributed by atoms with Gasteiger partial charge in [-0.05, 0) is 29.7 Å². The lowest BCUT2D eigenvalue weighted by Crippen LogP contribution is -2.32. The fraction of sp³-hybridized carbons (Fsp3) is 0.222. The summed E-state index contributed by atoms with van der Waals surface area (Å²) in [5.41, 5.74) is 6.97. The van der Waals surface area contributed by atoms with Crippen molar-refractivity contribution in [3.8, 4) is 5.75 Å². The van der Waals surface area contributed by atoms with E-state index >= 15 is 0 Å². The molecule has 2 aromatic rings. The van der Waals surface area contributed by atoms with E-state index in [1.807, 2.05) is 30.3 Å². The van der Waals surface area contributed by atoms with E-state index in [2.05, 4.69) is 0 Å². The van der Waals surface area contributed by atoms with Gasteiger partial charge >= 0.3 is 11.9 Å². The molecule has 2 rings (SSSR count). The van der Waals surface area contributed by atoms with Gasteiger partial charge in [0.05, 0.1) is 0 Å². The van der Waals surface area contributed by atoms with Gasteiger partial charge in [0, 0.05) is 6.42 Å². The Morgan fingerprint density at radius 3 is 1.84 bits per heavy atom. The van der Waals surface area contributed by atoms with Gasteiger partial charge in [0.2, 0.25) is 0 Å². The zero-order chi connectivity index (χ0) is 18.8. The van der Waals surface area contributed by atoms with Crippen molar-refractivity contribution in [1.82, 2.24) is 0 Å². The highest BCUT2D eigenvalue weighted by atomic mass is 16.4. The molecule has 0 bridgehead atoms. The number of aliphatic carboxylic acids is 2. The molecule has 0 spiro atoms. The molecule has 0 radical (unpaired) electrons. The Morgan fingerprint density at radius 2 is 1.36 bits per heavy atom. The zero-order valence-corrected chi connectivity index (χ0v) is 13.4. The Morgan fingerprint density at radius 1 is 0.840 bits per heavy atom. The molecule has 2 aromatic carbocycles. The van der Waals surface area contributed by atoms with E-state index < -0.39 is 24.1 Å². The lowest BCUT2D eigenvalue weighted by molar-refractivity contribution is -0.146. The highest BCUT2D eigenvalue weighted by molar-refractivity contribution is 5.73. The molecule has 0 aliphatic carbocycles. The lowest BCUT2D eigenvalue weighted by Gasteiger charge is -2.04. The van der Waals surface area contributed by atoms with E-state index in [1.165, 1.54) is 12.1 Å². The van der Waals surface area contributed by atoms with Crippen LogP contribution in [0.3, 0.4) is 0 Å². The molecule has 0 fully saturated rings. The molecule has 2 unspecified atom stereocenters. The summed E-state index contributed by atoms with van der Waals surface area (Å²) in [5, 5.41) is 34.8. The van der Waals surface area contributed by atoms with Gasteiger partial charge in [-0.2, -0.15) is 0 Å². The van der Waals surface area contributed by atoms with Crippen LogP contribution in [-0.2, 0) is 22.4 Å². The van der Waals surface area contributed by atoms with Gasteiger partial charge in [-0.1, -0.05) is 42.5 Å². The number of nitrogens with two attached hydrogens (primary N) is 1. The average molecular weight is 347 g/mol. The van der Waals surface area contributed by atoms with Crippen molar-refractivity contribution < 1.29 is 30.0 Å². The molecule has 0 aromatic heterocycles. The Balaban J connectivity index is 0.000000251. The maximum atomic E-state index is 10.4. The average Bonchev–Trinajstić information content (AvgIpc) is 2.58. The number of hydrogen-bond acceptors (Lipinski definition) is 5. The van der Waals surface area contributed by atoms with Crippen molar-refractivity contribution in [1.29, 1.82) is 0 Å². The van der Waals surface area contributed by atoms with E-state index in [-0.39, 0.29) is 12.2 Å². The normalized spacial score (nSPS) is 12.4. The van der Waals surface area contributed by atoms with Crippen molar-refractivity contribution in [2.75, 3.05) is 0 Å². The Kier molecular flexibility index (Phi) is 8.11. The minimum Gasteiger partial charge on any atom is -0.508 e. The molecule has 0 saturated carbocycles. The molecule has 0 heterocycles. The highest BCUT2D eigenvalue weighted by Gasteiger charge is 2.13. The number of benzene rings is 2. The van der Waals surface area contributed by atoms with Gasteiger partial charge in [-0.3, -0.25) is 4.79 Å². The van der Waals surface area contributed by atoms with Crippen molar-refractivity contribution in [3.63, 3.8) is 0 Å². The molecule has 6 N–H and O–H groups in total. The van der Waals surface area contributed by atoms with Crippen LogP contribution in [-0.4, -0.2) is 44.5 Å². The summed E-state index contributed by atoms with van der Waals surface area (Å²) in [7, 11) is 0. The minimum absolute atomic E-state index is 0.0512. The van der Waals surface area contributed by atoms with E-state index in [0.717, 1.165) is 5.56 Å². The molecule has 0 amide bonds. The molecule has 0 saturated heterocycles. The minimum atomic E-state index is -1.38. The number of aromatic hydroxyl groups is 1. The smallest absolute Gasteiger partial charge is 0.332 e. The summed E-state index contributed by atoms with van der Waals surface area (Å²) in [6.45, 7) is 0. The third-order valence-corrected chi connectivity index (χ3v) is 3.27. The Labute approximate surface area is 145 Å². The van der Waals surface area contributed by atoms with Crippen LogP contribution in [0.4, 0.5) is 0 Å². The first-order valence-corrected chi connectivity index (χ1v) is 7.50. The van der Waals surface area contributed by atoms with E-state index in [4.69, 9.17) is 26.2 Å². The summed E-state index contributed by atoms with van der Waals surface area (Å²) in [4.78, 5) is 20.6.